The number of nitrogens with one attached hydrogen (secondary N) is 1. The van der Waals surface area contributed by atoms with E-state index in [1.807, 2.05) is 23.1 Å². The molecule has 3 heteroatoms. The molecule has 0 radical (unpaired) electrons. The Morgan fingerprint density at radius 3 is 2.83 bits per heavy atom. The molecule has 0 bridgehead atoms. The van der Waals surface area contributed by atoms with Gasteiger partial charge in [0.05, 0.1) is 6.54 Å². The fourth-order valence-electron chi connectivity index (χ4n) is 2.61. The Kier molecular flexibility index (Phi) is 3.05. The molecular weight excluding hydrogens is 222 g/mol. The van der Waals surface area contributed by atoms with Gasteiger partial charge in [0.2, 0.25) is 0 Å². The third-order valence-corrected chi connectivity index (χ3v) is 3.64. The molecule has 2 aromatic rings. The first-order chi connectivity index (χ1) is 8.81. The second-order valence-electron chi connectivity index (χ2n) is 5.28. The first-order valence-corrected chi connectivity index (χ1v) is 6.63. The summed E-state index contributed by atoms with van der Waals surface area (Å²) in [4.78, 5) is 0. The molecular formula is C15H19N3. The predicted octanol–water partition coefficient (Wildman–Crippen LogP) is 3.14. The molecule has 0 unspecified atom stereocenters. The van der Waals surface area contributed by atoms with E-state index in [4.69, 9.17) is 0 Å². The Morgan fingerprint density at radius 1 is 1.28 bits per heavy atom. The van der Waals surface area contributed by atoms with Crippen molar-refractivity contribution >= 4 is 5.69 Å². The maximum absolute atomic E-state index is 4.27. The standard InChI is InChI=1S/C15H19N3/c1-12-9-14(10-12)17-15-6-3-2-5-13(15)11-18-8-4-7-16-18/h2-8,12,14,17H,9-11H2,1H3. The summed E-state index contributed by atoms with van der Waals surface area (Å²) < 4.78 is 1.96. The molecule has 18 heavy (non-hydrogen) atoms. The van der Waals surface area contributed by atoms with Gasteiger partial charge in [-0.25, -0.2) is 0 Å². The van der Waals surface area contributed by atoms with Gasteiger partial charge in [-0.3, -0.25) is 4.68 Å². The van der Waals surface area contributed by atoms with Crippen LogP contribution in [0.25, 0.3) is 0 Å². The van der Waals surface area contributed by atoms with Gasteiger partial charge >= 0.3 is 0 Å². The van der Waals surface area contributed by atoms with E-state index < -0.39 is 0 Å². The highest BCUT2D eigenvalue weighted by Crippen LogP contribution is 2.30. The van der Waals surface area contributed by atoms with Gasteiger partial charge in [-0.05, 0) is 36.5 Å². The minimum atomic E-state index is 0.652. The Bertz CT molecular complexity index is 498. The summed E-state index contributed by atoms with van der Waals surface area (Å²) in [5.74, 6) is 0.876. The van der Waals surface area contributed by atoms with Gasteiger partial charge in [0, 0.05) is 24.1 Å². The molecule has 0 spiro atoms. The van der Waals surface area contributed by atoms with Crippen molar-refractivity contribution in [3.05, 3.63) is 48.3 Å². The van der Waals surface area contributed by atoms with Crippen LogP contribution in [0.3, 0.4) is 0 Å². The van der Waals surface area contributed by atoms with Crippen molar-refractivity contribution in [1.82, 2.24) is 9.78 Å². The SMILES string of the molecule is CC1CC(Nc2ccccc2Cn2cccn2)C1. The maximum Gasteiger partial charge on any atom is 0.0679 e. The van der Waals surface area contributed by atoms with E-state index in [2.05, 4.69) is 41.6 Å². The Hall–Kier alpha value is -1.77. The van der Waals surface area contributed by atoms with Crippen molar-refractivity contribution in [2.45, 2.75) is 32.4 Å². The van der Waals surface area contributed by atoms with E-state index in [0.29, 0.717) is 6.04 Å². The number of benzene rings is 1. The fraction of sp³-hybridized carbons (Fsp3) is 0.400. The summed E-state index contributed by atoms with van der Waals surface area (Å²) in [6.07, 6.45) is 6.40. The van der Waals surface area contributed by atoms with Gasteiger partial charge in [0.25, 0.3) is 0 Å². The second kappa shape index (κ2) is 4.84. The normalized spacial score (nSPS) is 22.5. The molecule has 1 heterocycles. The molecule has 1 aliphatic carbocycles. The molecule has 0 aliphatic heterocycles. The van der Waals surface area contributed by atoms with Gasteiger partial charge in [-0.2, -0.15) is 5.10 Å². The zero-order chi connectivity index (χ0) is 12.4. The molecule has 0 saturated heterocycles. The zero-order valence-electron chi connectivity index (χ0n) is 10.7. The number of rotatable bonds is 4. The molecule has 1 aliphatic rings. The Morgan fingerprint density at radius 2 is 2.11 bits per heavy atom. The topological polar surface area (TPSA) is 29.9 Å². The minimum Gasteiger partial charge on any atom is -0.382 e. The highest BCUT2D eigenvalue weighted by molar-refractivity contribution is 5.52. The average molecular weight is 241 g/mol. The lowest BCUT2D eigenvalue weighted by atomic mass is 9.81. The van der Waals surface area contributed by atoms with Gasteiger partial charge in [-0.1, -0.05) is 25.1 Å². The van der Waals surface area contributed by atoms with Gasteiger partial charge in [0.1, 0.15) is 0 Å². The quantitative estimate of drug-likeness (QED) is 0.891. The van der Waals surface area contributed by atoms with Crippen LogP contribution in [0.4, 0.5) is 5.69 Å². The van der Waals surface area contributed by atoms with Crippen molar-refractivity contribution in [3.8, 4) is 0 Å². The van der Waals surface area contributed by atoms with Gasteiger partial charge < -0.3 is 5.32 Å². The number of aromatic nitrogens is 2. The van der Waals surface area contributed by atoms with E-state index in [1.54, 1.807) is 0 Å². The molecule has 1 aromatic heterocycles. The smallest absolute Gasteiger partial charge is 0.0679 e. The molecule has 0 atom stereocenters. The Balaban J connectivity index is 1.73. The van der Waals surface area contributed by atoms with Gasteiger partial charge in [-0.15, -0.1) is 0 Å². The lowest BCUT2D eigenvalue weighted by Gasteiger charge is -2.34. The van der Waals surface area contributed by atoms with Crippen molar-refractivity contribution in [2.75, 3.05) is 5.32 Å². The van der Waals surface area contributed by atoms with Crippen LogP contribution in [-0.2, 0) is 6.54 Å². The number of hydrogen-bond donors (Lipinski definition) is 1. The maximum atomic E-state index is 4.27. The lowest BCUT2D eigenvalue weighted by Crippen LogP contribution is -2.34. The van der Waals surface area contributed by atoms with E-state index in [-0.39, 0.29) is 0 Å². The van der Waals surface area contributed by atoms with E-state index in [1.165, 1.54) is 24.1 Å². The largest absolute Gasteiger partial charge is 0.382 e. The summed E-state index contributed by atoms with van der Waals surface area (Å²) in [7, 11) is 0. The fourth-order valence-corrected chi connectivity index (χ4v) is 2.61. The van der Waals surface area contributed by atoms with Crippen LogP contribution in [0, 0.1) is 5.92 Å². The first kappa shape index (κ1) is 11.3. The van der Waals surface area contributed by atoms with Crippen LogP contribution >= 0.6 is 0 Å². The van der Waals surface area contributed by atoms with Crippen LogP contribution in [-0.4, -0.2) is 15.8 Å². The summed E-state index contributed by atoms with van der Waals surface area (Å²) in [5, 5.41) is 7.92. The summed E-state index contributed by atoms with van der Waals surface area (Å²) in [6.45, 7) is 3.15. The third-order valence-electron chi connectivity index (χ3n) is 3.64. The molecule has 94 valence electrons. The molecule has 3 rings (SSSR count). The van der Waals surface area contributed by atoms with E-state index in [9.17, 15) is 0 Å². The van der Waals surface area contributed by atoms with Crippen molar-refractivity contribution in [1.29, 1.82) is 0 Å². The summed E-state index contributed by atoms with van der Waals surface area (Å²) in [5.41, 5.74) is 2.56. The highest BCUT2D eigenvalue weighted by Gasteiger charge is 2.25. The number of anilines is 1. The molecule has 1 saturated carbocycles. The lowest BCUT2D eigenvalue weighted by molar-refractivity contribution is 0.309. The van der Waals surface area contributed by atoms with Crippen molar-refractivity contribution in [2.24, 2.45) is 5.92 Å². The highest BCUT2D eigenvalue weighted by atomic mass is 15.3. The predicted molar refractivity (Wildman–Crippen MR) is 73.6 cm³/mol. The third kappa shape index (κ3) is 2.40. The summed E-state index contributed by atoms with van der Waals surface area (Å²) >= 11 is 0. The zero-order valence-corrected chi connectivity index (χ0v) is 10.7. The van der Waals surface area contributed by atoms with E-state index >= 15 is 0 Å². The molecule has 3 nitrogen and oxygen atoms in total. The van der Waals surface area contributed by atoms with Crippen LogP contribution in [0.2, 0.25) is 0 Å². The van der Waals surface area contributed by atoms with Crippen LogP contribution in [0.15, 0.2) is 42.7 Å². The first-order valence-electron chi connectivity index (χ1n) is 6.63. The minimum absolute atomic E-state index is 0.652. The molecule has 1 N–H and O–H groups in total. The van der Waals surface area contributed by atoms with Crippen molar-refractivity contribution in [3.63, 3.8) is 0 Å². The monoisotopic (exact) mass is 241 g/mol. The number of para-hydroxylation sites is 1. The van der Waals surface area contributed by atoms with Gasteiger partial charge in [0.15, 0.2) is 0 Å². The van der Waals surface area contributed by atoms with Crippen LogP contribution in [0.1, 0.15) is 25.3 Å². The number of hydrogen-bond acceptors (Lipinski definition) is 2. The Labute approximate surface area is 108 Å². The second-order valence-corrected chi connectivity index (χ2v) is 5.28. The molecule has 1 aromatic carbocycles. The molecule has 1 fully saturated rings. The number of nitrogens with zero attached hydrogens (tertiary/aromatic N) is 2. The van der Waals surface area contributed by atoms with E-state index in [0.717, 1.165) is 12.5 Å². The average Bonchev–Trinajstić information content (AvgIpc) is 2.82. The van der Waals surface area contributed by atoms with Crippen molar-refractivity contribution < 1.29 is 0 Å². The van der Waals surface area contributed by atoms with Crippen LogP contribution in [0.5, 0.6) is 0 Å². The molecule has 0 amide bonds. The van der Waals surface area contributed by atoms with Crippen LogP contribution < -0.4 is 5.32 Å². The summed E-state index contributed by atoms with van der Waals surface area (Å²) in [6, 6.07) is 11.1.